The van der Waals surface area contributed by atoms with E-state index in [0.29, 0.717) is 19.1 Å². The molecule has 2 N–H and O–H groups in total. The number of hydrogen-bond donors (Lipinski definition) is 1. The fraction of sp³-hybridized carbons (Fsp3) is 0.667. The predicted molar refractivity (Wildman–Crippen MR) is 104 cm³/mol. The van der Waals surface area contributed by atoms with E-state index in [1.54, 1.807) is 12.0 Å². The second-order valence-corrected chi connectivity index (χ2v) is 7.62. The van der Waals surface area contributed by atoms with Crippen molar-refractivity contribution in [1.29, 1.82) is 0 Å². The van der Waals surface area contributed by atoms with Gasteiger partial charge in [0, 0.05) is 12.6 Å². The SMILES string of the molecule is COC(=O)N1CCC[C@H](N)[C@@H]1CO[C@H]1CC[C@@H](c2cccc(OC)c2)CC1. The molecule has 2 aliphatic rings. The zero-order chi connectivity index (χ0) is 19.2. The Morgan fingerprint density at radius 2 is 1.96 bits per heavy atom. The van der Waals surface area contributed by atoms with E-state index in [4.69, 9.17) is 19.9 Å². The van der Waals surface area contributed by atoms with Crippen LogP contribution in [0.3, 0.4) is 0 Å². The summed E-state index contributed by atoms with van der Waals surface area (Å²) in [6.45, 7) is 1.18. The monoisotopic (exact) mass is 376 g/mol. The van der Waals surface area contributed by atoms with Gasteiger partial charge in [-0.15, -0.1) is 0 Å². The minimum atomic E-state index is -0.305. The summed E-state index contributed by atoms with van der Waals surface area (Å²) in [5.74, 6) is 1.48. The summed E-state index contributed by atoms with van der Waals surface area (Å²) in [5, 5.41) is 0. The normalized spacial score (nSPS) is 28.6. The first-order valence-electron chi connectivity index (χ1n) is 9.98. The molecule has 1 heterocycles. The molecule has 0 bridgehead atoms. The van der Waals surface area contributed by atoms with Crippen LogP contribution < -0.4 is 10.5 Å². The Bertz CT molecular complexity index is 616. The molecule has 6 nitrogen and oxygen atoms in total. The smallest absolute Gasteiger partial charge is 0.409 e. The fourth-order valence-corrected chi connectivity index (χ4v) is 4.34. The largest absolute Gasteiger partial charge is 0.497 e. The van der Waals surface area contributed by atoms with Crippen LogP contribution in [0.15, 0.2) is 24.3 Å². The van der Waals surface area contributed by atoms with Gasteiger partial charge in [-0.2, -0.15) is 0 Å². The Labute approximate surface area is 161 Å². The topological polar surface area (TPSA) is 74.0 Å². The van der Waals surface area contributed by atoms with Gasteiger partial charge in [-0.3, -0.25) is 0 Å². The number of amides is 1. The van der Waals surface area contributed by atoms with Gasteiger partial charge in [0.1, 0.15) is 5.75 Å². The van der Waals surface area contributed by atoms with Crippen LogP contribution in [-0.2, 0) is 9.47 Å². The average Bonchev–Trinajstić information content (AvgIpc) is 2.72. The van der Waals surface area contributed by atoms with Crippen molar-refractivity contribution in [3.8, 4) is 5.75 Å². The van der Waals surface area contributed by atoms with Crippen molar-refractivity contribution >= 4 is 6.09 Å². The van der Waals surface area contributed by atoms with Crippen molar-refractivity contribution in [1.82, 2.24) is 4.90 Å². The van der Waals surface area contributed by atoms with Crippen LogP contribution >= 0.6 is 0 Å². The fourth-order valence-electron chi connectivity index (χ4n) is 4.34. The number of nitrogens with two attached hydrogens (primary N) is 1. The van der Waals surface area contributed by atoms with Crippen molar-refractivity contribution in [3.05, 3.63) is 29.8 Å². The van der Waals surface area contributed by atoms with Gasteiger partial charge in [-0.25, -0.2) is 4.79 Å². The molecule has 1 saturated heterocycles. The molecule has 2 fully saturated rings. The summed E-state index contributed by atoms with van der Waals surface area (Å²) in [7, 11) is 3.12. The van der Waals surface area contributed by atoms with E-state index >= 15 is 0 Å². The molecule has 0 unspecified atom stereocenters. The number of benzene rings is 1. The highest BCUT2D eigenvalue weighted by Gasteiger charge is 2.34. The Hall–Kier alpha value is -1.79. The van der Waals surface area contributed by atoms with E-state index in [1.807, 2.05) is 6.07 Å². The van der Waals surface area contributed by atoms with E-state index < -0.39 is 0 Å². The highest BCUT2D eigenvalue weighted by atomic mass is 16.5. The highest BCUT2D eigenvalue weighted by Crippen LogP contribution is 2.35. The molecule has 1 aliphatic carbocycles. The van der Waals surface area contributed by atoms with E-state index in [1.165, 1.54) is 12.7 Å². The van der Waals surface area contributed by atoms with Gasteiger partial charge in [-0.1, -0.05) is 12.1 Å². The Morgan fingerprint density at radius 1 is 1.19 bits per heavy atom. The van der Waals surface area contributed by atoms with Crippen LogP contribution in [0.5, 0.6) is 5.75 Å². The average molecular weight is 376 g/mol. The van der Waals surface area contributed by atoms with Crippen molar-refractivity contribution in [2.24, 2.45) is 5.73 Å². The van der Waals surface area contributed by atoms with Crippen molar-refractivity contribution in [2.75, 3.05) is 27.4 Å². The summed E-state index contributed by atoms with van der Waals surface area (Å²) in [5.41, 5.74) is 7.61. The van der Waals surface area contributed by atoms with Crippen LogP contribution in [0, 0.1) is 0 Å². The van der Waals surface area contributed by atoms with Crippen LogP contribution in [0.25, 0.3) is 0 Å². The maximum Gasteiger partial charge on any atom is 0.409 e. The summed E-state index contributed by atoms with van der Waals surface area (Å²) >= 11 is 0. The molecule has 2 atom stereocenters. The molecule has 150 valence electrons. The quantitative estimate of drug-likeness (QED) is 0.853. The maximum absolute atomic E-state index is 12.0. The van der Waals surface area contributed by atoms with E-state index in [0.717, 1.165) is 44.3 Å². The third-order valence-electron chi connectivity index (χ3n) is 5.98. The lowest BCUT2D eigenvalue weighted by Gasteiger charge is -2.39. The van der Waals surface area contributed by atoms with Crippen LogP contribution in [0.4, 0.5) is 4.79 Å². The Morgan fingerprint density at radius 3 is 2.67 bits per heavy atom. The molecule has 1 aromatic carbocycles. The number of piperidine rings is 1. The first kappa shape index (κ1) is 20.0. The van der Waals surface area contributed by atoms with Crippen LogP contribution in [0.1, 0.15) is 50.0 Å². The number of ether oxygens (including phenoxy) is 3. The lowest BCUT2D eigenvalue weighted by Crippen LogP contribution is -2.56. The Kier molecular flexibility index (Phi) is 6.96. The van der Waals surface area contributed by atoms with Gasteiger partial charge >= 0.3 is 6.09 Å². The van der Waals surface area contributed by atoms with Gasteiger partial charge < -0.3 is 24.8 Å². The van der Waals surface area contributed by atoms with Crippen LogP contribution in [-0.4, -0.2) is 56.6 Å². The molecular formula is C21H32N2O4. The van der Waals surface area contributed by atoms with Crippen molar-refractivity contribution < 1.29 is 19.0 Å². The van der Waals surface area contributed by atoms with E-state index in [-0.39, 0.29) is 24.3 Å². The molecule has 1 aliphatic heterocycles. The molecule has 3 rings (SSSR count). The molecule has 0 spiro atoms. The van der Waals surface area contributed by atoms with Gasteiger partial charge in [-0.05, 0) is 62.1 Å². The predicted octanol–water partition coefficient (Wildman–Crippen LogP) is 3.30. The third-order valence-corrected chi connectivity index (χ3v) is 5.98. The summed E-state index contributed by atoms with van der Waals surface area (Å²) in [4.78, 5) is 13.7. The number of rotatable bonds is 5. The molecule has 1 aromatic rings. The summed E-state index contributed by atoms with van der Waals surface area (Å²) in [6.07, 6.45) is 6.04. The lowest BCUT2D eigenvalue weighted by molar-refractivity contribution is -0.0229. The molecule has 0 radical (unpaired) electrons. The third kappa shape index (κ3) is 4.93. The highest BCUT2D eigenvalue weighted by molar-refractivity contribution is 5.68. The standard InChI is InChI=1S/C21H32N2O4/c1-25-18-6-3-5-16(13-18)15-8-10-17(11-9-15)27-14-20-19(22)7-4-12-23(20)21(24)26-2/h3,5-6,13,15,17,19-20H,4,7-12,14,22H2,1-2H3/t15-,17+,19-,20-/m0/s1. The zero-order valence-electron chi connectivity index (χ0n) is 16.4. The number of nitrogens with zero attached hydrogens (tertiary/aromatic N) is 1. The number of methoxy groups -OCH3 is 2. The van der Waals surface area contributed by atoms with Gasteiger partial charge in [0.25, 0.3) is 0 Å². The summed E-state index contributed by atoms with van der Waals surface area (Å²) < 4.78 is 16.4. The number of hydrogen-bond acceptors (Lipinski definition) is 5. The van der Waals surface area contributed by atoms with E-state index in [9.17, 15) is 4.79 Å². The summed E-state index contributed by atoms with van der Waals surface area (Å²) in [6, 6.07) is 8.22. The van der Waals surface area contributed by atoms with Crippen molar-refractivity contribution in [2.45, 2.75) is 62.6 Å². The van der Waals surface area contributed by atoms with Gasteiger partial charge in [0.2, 0.25) is 0 Å². The zero-order valence-corrected chi connectivity index (χ0v) is 16.4. The Balaban J connectivity index is 1.50. The maximum atomic E-state index is 12.0. The number of carbonyl (C=O) groups excluding carboxylic acids is 1. The molecule has 27 heavy (non-hydrogen) atoms. The first-order valence-corrected chi connectivity index (χ1v) is 9.98. The number of carbonyl (C=O) groups is 1. The molecule has 1 amide bonds. The minimum Gasteiger partial charge on any atom is -0.497 e. The minimum absolute atomic E-state index is 0.0500. The molecule has 0 aromatic heterocycles. The first-order chi connectivity index (χ1) is 13.1. The number of likely N-dealkylation sites (tertiary alicyclic amines) is 1. The lowest BCUT2D eigenvalue weighted by atomic mass is 9.82. The van der Waals surface area contributed by atoms with E-state index in [2.05, 4.69) is 18.2 Å². The molecule has 1 saturated carbocycles. The van der Waals surface area contributed by atoms with Crippen LogP contribution in [0.2, 0.25) is 0 Å². The van der Waals surface area contributed by atoms with Gasteiger partial charge in [0.05, 0.1) is 33.0 Å². The second kappa shape index (κ2) is 9.42. The van der Waals surface area contributed by atoms with Crippen molar-refractivity contribution in [3.63, 3.8) is 0 Å². The second-order valence-electron chi connectivity index (χ2n) is 7.62. The van der Waals surface area contributed by atoms with Gasteiger partial charge in [0.15, 0.2) is 0 Å². The molecule has 6 heteroatoms. The molecular weight excluding hydrogens is 344 g/mol.